The van der Waals surface area contributed by atoms with Gasteiger partial charge in [-0.2, -0.15) is 0 Å². The van der Waals surface area contributed by atoms with E-state index >= 15 is 0 Å². The molecule has 0 bridgehead atoms. The fourth-order valence-electron chi connectivity index (χ4n) is 3.08. The minimum absolute atomic E-state index is 0.105. The van der Waals surface area contributed by atoms with Crippen molar-refractivity contribution in [2.45, 2.75) is 46.7 Å². The molecule has 0 fully saturated rings. The maximum absolute atomic E-state index is 13.1. The molecule has 0 aliphatic carbocycles. The number of aryl methyl sites for hydroxylation is 2. The Morgan fingerprint density at radius 2 is 1.70 bits per heavy atom. The monoisotopic (exact) mass is 450 g/mol. The first-order valence-corrected chi connectivity index (χ1v) is 10.7. The smallest absolute Gasteiger partial charge is 0.261 e. The summed E-state index contributed by atoms with van der Waals surface area (Å²) in [7, 11) is 0. The molecule has 162 valence electrons. The summed E-state index contributed by atoms with van der Waals surface area (Å²) in [6, 6.07) is 10.2. The molecule has 2 amide bonds. The Hall–Kier alpha value is -2.24. The minimum atomic E-state index is -0.709. The summed E-state index contributed by atoms with van der Waals surface area (Å²) in [5, 5.41) is 3.71. The van der Waals surface area contributed by atoms with Gasteiger partial charge in [0.1, 0.15) is 11.8 Å². The third-order valence-corrected chi connectivity index (χ3v) is 5.37. The van der Waals surface area contributed by atoms with E-state index in [1.165, 1.54) is 4.90 Å². The van der Waals surface area contributed by atoms with Crippen LogP contribution in [0.1, 0.15) is 37.0 Å². The van der Waals surface area contributed by atoms with Crippen LogP contribution in [0.2, 0.25) is 10.0 Å². The number of hydrogen-bond donors (Lipinski definition) is 1. The molecule has 0 aliphatic heterocycles. The van der Waals surface area contributed by atoms with Crippen molar-refractivity contribution in [2.75, 3.05) is 13.2 Å². The van der Waals surface area contributed by atoms with Crippen LogP contribution in [0.5, 0.6) is 5.75 Å². The molecule has 0 spiro atoms. The molecule has 30 heavy (non-hydrogen) atoms. The minimum Gasteiger partial charge on any atom is -0.484 e. The van der Waals surface area contributed by atoms with Crippen molar-refractivity contribution < 1.29 is 14.3 Å². The van der Waals surface area contributed by atoms with E-state index < -0.39 is 6.04 Å². The molecule has 0 heterocycles. The molecule has 0 saturated carbocycles. The largest absolute Gasteiger partial charge is 0.484 e. The summed E-state index contributed by atoms with van der Waals surface area (Å²) in [6.45, 7) is 8.03. The predicted molar refractivity (Wildman–Crippen MR) is 121 cm³/mol. The maximum atomic E-state index is 13.1. The third kappa shape index (κ3) is 6.64. The highest BCUT2D eigenvalue weighted by molar-refractivity contribution is 6.36. The molecule has 2 rings (SSSR count). The van der Waals surface area contributed by atoms with Crippen LogP contribution in [0.25, 0.3) is 0 Å². The lowest BCUT2D eigenvalue weighted by Crippen LogP contribution is -2.49. The van der Waals surface area contributed by atoms with Gasteiger partial charge in [-0.25, -0.2) is 0 Å². The SMILES string of the molecule is CCCNC(=O)[C@@H](C)N(Cc1c(Cl)cccc1Cl)C(=O)COc1cc(C)cc(C)c1. The Labute approximate surface area is 188 Å². The Morgan fingerprint density at radius 3 is 2.27 bits per heavy atom. The Balaban J connectivity index is 2.22. The van der Waals surface area contributed by atoms with Crippen LogP contribution in [-0.2, 0) is 16.1 Å². The molecule has 0 aromatic heterocycles. The van der Waals surface area contributed by atoms with Crippen molar-refractivity contribution in [2.24, 2.45) is 0 Å². The maximum Gasteiger partial charge on any atom is 0.261 e. The molecular formula is C23H28Cl2N2O3. The van der Waals surface area contributed by atoms with Crippen molar-refractivity contribution in [3.63, 3.8) is 0 Å². The lowest BCUT2D eigenvalue weighted by molar-refractivity contribution is -0.142. The van der Waals surface area contributed by atoms with Crippen molar-refractivity contribution in [1.82, 2.24) is 10.2 Å². The zero-order chi connectivity index (χ0) is 22.3. The van der Waals surface area contributed by atoms with Crippen molar-refractivity contribution in [3.8, 4) is 5.75 Å². The van der Waals surface area contributed by atoms with Gasteiger partial charge >= 0.3 is 0 Å². The topological polar surface area (TPSA) is 58.6 Å². The van der Waals surface area contributed by atoms with Gasteiger partial charge in [0.2, 0.25) is 5.91 Å². The zero-order valence-corrected chi connectivity index (χ0v) is 19.3. The number of nitrogens with zero attached hydrogens (tertiary/aromatic N) is 1. The quantitative estimate of drug-likeness (QED) is 0.588. The van der Waals surface area contributed by atoms with E-state index in [1.807, 2.05) is 39.0 Å². The number of halogens is 2. The average molecular weight is 451 g/mol. The first-order valence-electron chi connectivity index (χ1n) is 9.94. The van der Waals surface area contributed by atoms with Crippen LogP contribution in [0.4, 0.5) is 0 Å². The number of ether oxygens (including phenoxy) is 1. The second-order valence-corrected chi connectivity index (χ2v) is 8.12. The van der Waals surface area contributed by atoms with Crippen LogP contribution in [0.15, 0.2) is 36.4 Å². The highest BCUT2D eigenvalue weighted by Crippen LogP contribution is 2.26. The highest BCUT2D eigenvalue weighted by Gasteiger charge is 2.27. The van der Waals surface area contributed by atoms with Gasteiger partial charge in [0.15, 0.2) is 6.61 Å². The predicted octanol–water partition coefficient (Wildman–Crippen LogP) is 4.93. The molecule has 0 aliphatic rings. The first kappa shape index (κ1) is 24.0. The van der Waals surface area contributed by atoms with Crippen molar-refractivity contribution >= 4 is 35.0 Å². The summed E-state index contributed by atoms with van der Waals surface area (Å²) < 4.78 is 5.73. The van der Waals surface area contributed by atoms with Gasteiger partial charge in [0, 0.05) is 28.7 Å². The zero-order valence-electron chi connectivity index (χ0n) is 17.8. The molecule has 0 saturated heterocycles. The molecule has 0 radical (unpaired) electrons. The second kappa shape index (κ2) is 11.2. The van der Waals surface area contributed by atoms with Crippen LogP contribution in [0, 0.1) is 13.8 Å². The Bertz CT molecular complexity index is 862. The Morgan fingerprint density at radius 1 is 1.10 bits per heavy atom. The number of benzene rings is 2. The number of carbonyl (C=O) groups excluding carboxylic acids is 2. The van der Waals surface area contributed by atoms with E-state index in [1.54, 1.807) is 25.1 Å². The summed E-state index contributed by atoms with van der Waals surface area (Å²) in [5.41, 5.74) is 2.68. The van der Waals surface area contributed by atoms with E-state index in [0.29, 0.717) is 27.9 Å². The molecule has 5 nitrogen and oxygen atoms in total. The molecule has 0 unspecified atom stereocenters. The normalized spacial score (nSPS) is 11.7. The van der Waals surface area contributed by atoms with E-state index in [0.717, 1.165) is 17.5 Å². The molecule has 1 N–H and O–H groups in total. The summed E-state index contributed by atoms with van der Waals surface area (Å²) in [5.74, 6) is 0.0451. The Kier molecular flexibility index (Phi) is 9.00. The van der Waals surface area contributed by atoms with E-state index in [9.17, 15) is 9.59 Å². The molecule has 1 atom stereocenters. The van der Waals surface area contributed by atoms with Gasteiger partial charge in [-0.05, 0) is 62.6 Å². The van der Waals surface area contributed by atoms with Gasteiger partial charge in [-0.15, -0.1) is 0 Å². The fraction of sp³-hybridized carbons (Fsp3) is 0.391. The molecule has 7 heteroatoms. The van der Waals surface area contributed by atoms with E-state index in [4.69, 9.17) is 27.9 Å². The van der Waals surface area contributed by atoms with Gasteiger partial charge in [-0.1, -0.05) is 42.3 Å². The lowest BCUT2D eigenvalue weighted by atomic mass is 10.1. The van der Waals surface area contributed by atoms with Crippen LogP contribution < -0.4 is 10.1 Å². The fourth-order valence-corrected chi connectivity index (χ4v) is 3.59. The van der Waals surface area contributed by atoms with Crippen molar-refractivity contribution in [3.05, 3.63) is 63.1 Å². The summed E-state index contributed by atoms with van der Waals surface area (Å²) in [6.07, 6.45) is 0.804. The lowest BCUT2D eigenvalue weighted by Gasteiger charge is -2.29. The van der Waals surface area contributed by atoms with Crippen LogP contribution in [0.3, 0.4) is 0 Å². The number of carbonyl (C=O) groups is 2. The van der Waals surface area contributed by atoms with Crippen molar-refractivity contribution in [1.29, 1.82) is 0 Å². The standard InChI is InChI=1S/C23H28Cl2N2O3/c1-5-9-26-23(29)17(4)27(13-19-20(24)7-6-8-21(19)25)22(28)14-30-18-11-15(2)10-16(3)12-18/h6-8,10-12,17H,5,9,13-14H2,1-4H3,(H,26,29)/t17-/m1/s1. The average Bonchev–Trinajstić information content (AvgIpc) is 2.69. The molecule has 2 aromatic rings. The number of hydrogen-bond acceptors (Lipinski definition) is 3. The number of rotatable bonds is 9. The van der Waals surface area contributed by atoms with E-state index in [2.05, 4.69) is 5.32 Å². The first-order chi connectivity index (χ1) is 14.2. The third-order valence-electron chi connectivity index (χ3n) is 4.66. The summed E-state index contributed by atoms with van der Waals surface area (Å²) >= 11 is 12.6. The highest BCUT2D eigenvalue weighted by atomic mass is 35.5. The second-order valence-electron chi connectivity index (χ2n) is 7.30. The van der Waals surface area contributed by atoms with Crippen LogP contribution >= 0.6 is 23.2 Å². The van der Waals surface area contributed by atoms with Crippen LogP contribution in [-0.4, -0.2) is 35.9 Å². The number of amides is 2. The van der Waals surface area contributed by atoms with Gasteiger partial charge in [-0.3, -0.25) is 9.59 Å². The van der Waals surface area contributed by atoms with Gasteiger partial charge < -0.3 is 15.0 Å². The molecular weight excluding hydrogens is 423 g/mol. The van der Waals surface area contributed by atoms with E-state index in [-0.39, 0.29) is 25.0 Å². The van der Waals surface area contributed by atoms with Gasteiger partial charge in [0.05, 0.1) is 0 Å². The van der Waals surface area contributed by atoms with Gasteiger partial charge in [0.25, 0.3) is 5.91 Å². The molecule has 2 aromatic carbocycles. The number of nitrogens with one attached hydrogen (secondary N) is 1. The summed E-state index contributed by atoms with van der Waals surface area (Å²) in [4.78, 5) is 27.1.